The molecule has 1 aliphatic heterocycles. The first-order chi connectivity index (χ1) is 11.7. The zero-order chi connectivity index (χ0) is 16.8. The largest absolute Gasteiger partial charge is 0.464 e. The highest BCUT2D eigenvalue weighted by atomic mass is 16.6. The Hall–Kier alpha value is -2.82. The average Bonchev–Trinajstić information content (AvgIpc) is 2.95. The van der Waals surface area contributed by atoms with Gasteiger partial charge >= 0.3 is 12.1 Å². The minimum Gasteiger partial charge on any atom is -0.464 e. The van der Waals surface area contributed by atoms with Crippen LogP contribution in [-0.2, 0) is 27.3 Å². The fourth-order valence-corrected chi connectivity index (χ4v) is 2.78. The first-order valence-electron chi connectivity index (χ1n) is 7.88. The van der Waals surface area contributed by atoms with Gasteiger partial charge in [0.2, 0.25) is 0 Å². The van der Waals surface area contributed by atoms with Gasteiger partial charge in [-0.1, -0.05) is 60.7 Å². The van der Waals surface area contributed by atoms with Crippen LogP contribution in [0.2, 0.25) is 0 Å². The van der Waals surface area contributed by atoms with Crippen molar-refractivity contribution in [3.8, 4) is 0 Å². The third kappa shape index (κ3) is 3.74. The van der Waals surface area contributed by atoms with E-state index in [0.29, 0.717) is 19.4 Å². The minimum atomic E-state index is -1.06. The number of ether oxygens (including phenoxy) is 2. The van der Waals surface area contributed by atoms with Gasteiger partial charge in [-0.15, -0.1) is 0 Å². The van der Waals surface area contributed by atoms with Crippen molar-refractivity contribution in [1.29, 1.82) is 0 Å². The molecule has 1 fully saturated rings. The van der Waals surface area contributed by atoms with Gasteiger partial charge < -0.3 is 14.8 Å². The maximum atomic E-state index is 12.2. The number of nitrogens with one attached hydrogen (secondary N) is 1. The Bertz CT molecular complexity index is 702. The third-order valence-corrected chi connectivity index (χ3v) is 4.06. The van der Waals surface area contributed by atoms with Gasteiger partial charge in [-0.2, -0.15) is 0 Å². The van der Waals surface area contributed by atoms with Crippen molar-refractivity contribution >= 4 is 12.1 Å². The van der Waals surface area contributed by atoms with Crippen LogP contribution in [0, 0.1) is 0 Å². The summed E-state index contributed by atoms with van der Waals surface area (Å²) < 4.78 is 10.3. The maximum Gasteiger partial charge on any atom is 0.408 e. The molecule has 24 heavy (non-hydrogen) atoms. The highest BCUT2D eigenvalue weighted by Gasteiger charge is 2.46. The molecule has 2 aromatic carbocycles. The molecule has 0 aliphatic carbocycles. The monoisotopic (exact) mass is 325 g/mol. The molecule has 1 amide bonds. The Morgan fingerprint density at radius 3 is 2.25 bits per heavy atom. The quantitative estimate of drug-likeness (QED) is 0.859. The molecular weight excluding hydrogens is 306 g/mol. The molecule has 2 aromatic rings. The molecule has 0 radical (unpaired) electrons. The minimum absolute atomic E-state index is 0.156. The average molecular weight is 325 g/mol. The lowest BCUT2D eigenvalue weighted by atomic mass is 9.89. The van der Waals surface area contributed by atoms with Crippen LogP contribution in [0.4, 0.5) is 4.79 Å². The second kappa shape index (κ2) is 7.17. The number of esters is 1. The van der Waals surface area contributed by atoms with Crippen molar-refractivity contribution < 1.29 is 19.1 Å². The predicted molar refractivity (Wildman–Crippen MR) is 88.2 cm³/mol. The van der Waals surface area contributed by atoms with E-state index in [1.807, 2.05) is 60.7 Å². The van der Waals surface area contributed by atoms with E-state index < -0.39 is 17.6 Å². The van der Waals surface area contributed by atoms with Crippen LogP contribution in [0.3, 0.4) is 0 Å². The molecule has 1 saturated heterocycles. The Labute approximate surface area is 140 Å². The summed E-state index contributed by atoms with van der Waals surface area (Å²) in [6.45, 7) is 0.452. The molecule has 1 N–H and O–H groups in total. The van der Waals surface area contributed by atoms with E-state index in [1.165, 1.54) is 0 Å². The van der Waals surface area contributed by atoms with Crippen LogP contribution in [0.5, 0.6) is 0 Å². The normalized spacial score (nSPS) is 19.6. The summed E-state index contributed by atoms with van der Waals surface area (Å²) in [5.74, 6) is -0.414. The summed E-state index contributed by atoms with van der Waals surface area (Å²) in [6, 6.07) is 18.9. The fourth-order valence-electron chi connectivity index (χ4n) is 2.78. The summed E-state index contributed by atoms with van der Waals surface area (Å²) in [7, 11) is 0. The van der Waals surface area contributed by atoms with Crippen LogP contribution in [0.15, 0.2) is 60.7 Å². The number of cyclic esters (lactones) is 1. The summed E-state index contributed by atoms with van der Waals surface area (Å²) in [6.07, 6.45) is 0.197. The highest BCUT2D eigenvalue weighted by molar-refractivity contribution is 5.87. The summed E-state index contributed by atoms with van der Waals surface area (Å²) in [4.78, 5) is 24.4. The van der Waals surface area contributed by atoms with Crippen LogP contribution < -0.4 is 5.32 Å². The number of hydrogen-bond donors (Lipinski definition) is 1. The van der Waals surface area contributed by atoms with E-state index in [4.69, 9.17) is 9.47 Å². The van der Waals surface area contributed by atoms with Gasteiger partial charge in [0.1, 0.15) is 12.1 Å². The molecule has 0 spiro atoms. The van der Waals surface area contributed by atoms with Crippen LogP contribution in [0.25, 0.3) is 0 Å². The van der Waals surface area contributed by atoms with E-state index in [2.05, 4.69) is 5.32 Å². The third-order valence-electron chi connectivity index (χ3n) is 4.06. The molecule has 1 unspecified atom stereocenters. The molecule has 1 aliphatic rings. The number of hydrogen-bond acceptors (Lipinski definition) is 4. The first kappa shape index (κ1) is 16.1. The Balaban J connectivity index is 1.66. The number of benzene rings is 2. The van der Waals surface area contributed by atoms with Crippen molar-refractivity contribution in [2.75, 3.05) is 6.61 Å². The first-order valence-corrected chi connectivity index (χ1v) is 7.88. The maximum absolute atomic E-state index is 12.2. The predicted octanol–water partition coefficient (Wildman–Crippen LogP) is 2.84. The summed E-state index contributed by atoms with van der Waals surface area (Å²) >= 11 is 0. The van der Waals surface area contributed by atoms with Gasteiger partial charge in [0.25, 0.3) is 0 Å². The van der Waals surface area contributed by atoms with Gasteiger partial charge in [-0.25, -0.2) is 9.59 Å². The van der Waals surface area contributed by atoms with E-state index in [0.717, 1.165) is 11.1 Å². The molecule has 3 rings (SSSR count). The van der Waals surface area contributed by atoms with Gasteiger partial charge in [0.15, 0.2) is 0 Å². The second-order valence-electron chi connectivity index (χ2n) is 5.82. The lowest BCUT2D eigenvalue weighted by Gasteiger charge is -2.25. The smallest absolute Gasteiger partial charge is 0.408 e. The van der Waals surface area contributed by atoms with Crippen molar-refractivity contribution in [2.45, 2.75) is 25.0 Å². The SMILES string of the molecule is O=C(NC1(Cc2ccccc2)CCOC1=O)OCc1ccccc1. The lowest BCUT2D eigenvalue weighted by molar-refractivity contribution is -0.143. The number of alkyl carbamates (subject to hydrolysis) is 1. The Morgan fingerprint density at radius 2 is 1.67 bits per heavy atom. The Kier molecular flexibility index (Phi) is 4.79. The number of amides is 1. The number of carbonyl (C=O) groups is 2. The number of rotatable bonds is 5. The van der Waals surface area contributed by atoms with E-state index in [9.17, 15) is 9.59 Å². The topological polar surface area (TPSA) is 64.6 Å². The highest BCUT2D eigenvalue weighted by Crippen LogP contribution is 2.25. The molecule has 1 atom stereocenters. The van der Waals surface area contributed by atoms with Crippen LogP contribution >= 0.6 is 0 Å². The Morgan fingerprint density at radius 1 is 1.04 bits per heavy atom. The molecule has 5 nitrogen and oxygen atoms in total. The van der Waals surface area contributed by atoms with E-state index in [1.54, 1.807) is 0 Å². The summed E-state index contributed by atoms with van der Waals surface area (Å²) in [5.41, 5.74) is 0.785. The second-order valence-corrected chi connectivity index (χ2v) is 5.82. The van der Waals surface area contributed by atoms with Gasteiger partial charge in [-0.05, 0) is 11.1 Å². The molecule has 1 heterocycles. The van der Waals surface area contributed by atoms with Crippen molar-refractivity contribution in [1.82, 2.24) is 5.32 Å². The van der Waals surface area contributed by atoms with Gasteiger partial charge in [0, 0.05) is 12.8 Å². The van der Waals surface area contributed by atoms with Gasteiger partial charge in [-0.3, -0.25) is 0 Å². The summed E-state index contributed by atoms with van der Waals surface area (Å²) in [5, 5.41) is 2.73. The van der Waals surface area contributed by atoms with Crippen molar-refractivity contribution in [2.24, 2.45) is 0 Å². The molecule has 0 saturated carbocycles. The molecule has 124 valence electrons. The standard InChI is InChI=1S/C19H19NO4/c21-17-19(11-12-23-17,13-15-7-3-1-4-8-15)20-18(22)24-14-16-9-5-2-6-10-16/h1-10H,11-14H2,(H,20,22). The zero-order valence-electron chi connectivity index (χ0n) is 13.2. The van der Waals surface area contributed by atoms with Crippen LogP contribution in [-0.4, -0.2) is 24.2 Å². The van der Waals surface area contributed by atoms with Gasteiger partial charge in [0.05, 0.1) is 6.61 Å². The van der Waals surface area contributed by atoms with Crippen molar-refractivity contribution in [3.63, 3.8) is 0 Å². The molecule has 0 bridgehead atoms. The lowest BCUT2D eigenvalue weighted by Crippen LogP contribution is -2.53. The molecule has 0 aromatic heterocycles. The molecule has 5 heteroatoms. The van der Waals surface area contributed by atoms with Crippen LogP contribution in [0.1, 0.15) is 17.5 Å². The molecular formula is C19H19NO4. The zero-order valence-corrected chi connectivity index (χ0v) is 13.2. The fraction of sp³-hybridized carbons (Fsp3) is 0.263. The van der Waals surface area contributed by atoms with Crippen molar-refractivity contribution in [3.05, 3.63) is 71.8 Å². The van der Waals surface area contributed by atoms with E-state index in [-0.39, 0.29) is 6.61 Å². The number of carbonyl (C=O) groups excluding carboxylic acids is 2. The van der Waals surface area contributed by atoms with E-state index >= 15 is 0 Å².